The summed E-state index contributed by atoms with van der Waals surface area (Å²) in [5.41, 5.74) is 4.47. The fourth-order valence-corrected chi connectivity index (χ4v) is 4.49. The highest BCUT2D eigenvalue weighted by Gasteiger charge is 2.38. The molecule has 4 nitrogen and oxygen atoms in total. The quantitative estimate of drug-likeness (QED) is 0.584. The van der Waals surface area contributed by atoms with Crippen LogP contribution in [0.1, 0.15) is 36.8 Å². The van der Waals surface area contributed by atoms with Crippen LogP contribution in [-0.4, -0.2) is 23.1 Å². The molecular weight excluding hydrogens is 350 g/mol. The van der Waals surface area contributed by atoms with Gasteiger partial charge >= 0.3 is 6.09 Å². The first kappa shape index (κ1) is 17.1. The van der Waals surface area contributed by atoms with Gasteiger partial charge in [0.25, 0.3) is 0 Å². The Labute approximate surface area is 164 Å². The average Bonchev–Trinajstić information content (AvgIpc) is 3.19. The van der Waals surface area contributed by atoms with E-state index < -0.39 is 0 Å². The number of hydrogen-bond acceptors (Lipinski definition) is 3. The minimum absolute atomic E-state index is 0.117. The van der Waals surface area contributed by atoms with E-state index >= 15 is 0 Å². The van der Waals surface area contributed by atoms with Crippen LogP contribution in [0.25, 0.3) is 16.5 Å². The molecule has 3 heterocycles. The zero-order chi connectivity index (χ0) is 18.9. The van der Waals surface area contributed by atoms with Crippen molar-refractivity contribution in [2.45, 2.75) is 44.4 Å². The highest BCUT2D eigenvalue weighted by atomic mass is 16.6. The molecule has 142 valence electrons. The molecule has 1 saturated heterocycles. The van der Waals surface area contributed by atoms with Crippen molar-refractivity contribution in [3.8, 4) is 0 Å². The summed E-state index contributed by atoms with van der Waals surface area (Å²) in [4.78, 5) is 14.8. The van der Waals surface area contributed by atoms with E-state index in [1.54, 1.807) is 6.26 Å². The molecule has 2 unspecified atom stereocenters. The van der Waals surface area contributed by atoms with E-state index in [-0.39, 0.29) is 18.2 Å². The Morgan fingerprint density at radius 1 is 1.11 bits per heavy atom. The Hall–Kier alpha value is -3.01. The van der Waals surface area contributed by atoms with Crippen molar-refractivity contribution in [1.82, 2.24) is 4.90 Å². The number of carbonyl (C=O) groups excluding carboxylic acids is 1. The Balaban J connectivity index is 1.36. The van der Waals surface area contributed by atoms with Crippen molar-refractivity contribution in [2.75, 3.05) is 0 Å². The highest BCUT2D eigenvalue weighted by Crippen LogP contribution is 2.38. The Morgan fingerprint density at radius 3 is 2.86 bits per heavy atom. The number of piperidine rings is 1. The number of fused-ring (bicyclic) bond motifs is 3. The summed E-state index contributed by atoms with van der Waals surface area (Å²) in [5, 5.41) is 1.12. The van der Waals surface area contributed by atoms with Crippen LogP contribution in [0.2, 0.25) is 0 Å². The minimum Gasteiger partial charge on any atom is -0.464 e. The van der Waals surface area contributed by atoms with Gasteiger partial charge in [-0.1, -0.05) is 42.5 Å². The molecule has 2 atom stereocenters. The molecule has 0 aliphatic carbocycles. The van der Waals surface area contributed by atoms with E-state index in [9.17, 15) is 4.79 Å². The van der Waals surface area contributed by atoms with E-state index in [1.807, 2.05) is 47.4 Å². The standard InChI is InChI=1S/C24H23NO3/c26-24(28-16-17-5-2-1-3-6-17)25-21-7-4-8-22(25)15-20(14-21)18-9-10-23-19(13-18)11-12-27-23/h1-3,5-6,9-14,21-22H,4,7-8,15-16H2. The van der Waals surface area contributed by atoms with Crippen LogP contribution in [-0.2, 0) is 11.3 Å². The number of ether oxygens (including phenoxy) is 1. The highest BCUT2D eigenvalue weighted by molar-refractivity contribution is 5.83. The predicted octanol–water partition coefficient (Wildman–Crippen LogP) is 5.78. The molecule has 0 N–H and O–H groups in total. The topological polar surface area (TPSA) is 42.7 Å². The van der Waals surface area contributed by atoms with Crippen molar-refractivity contribution in [3.63, 3.8) is 0 Å². The van der Waals surface area contributed by atoms with Gasteiger partial charge in [-0.2, -0.15) is 0 Å². The lowest BCUT2D eigenvalue weighted by Crippen LogP contribution is -2.51. The summed E-state index contributed by atoms with van der Waals surface area (Å²) in [6, 6.07) is 18.5. The van der Waals surface area contributed by atoms with E-state index in [1.165, 1.54) is 11.1 Å². The number of rotatable bonds is 3. The van der Waals surface area contributed by atoms with Crippen molar-refractivity contribution in [2.24, 2.45) is 0 Å². The maximum absolute atomic E-state index is 12.8. The molecule has 2 bridgehead atoms. The van der Waals surface area contributed by atoms with Crippen LogP contribution in [0.5, 0.6) is 0 Å². The Bertz CT molecular complexity index is 1020. The van der Waals surface area contributed by atoms with Crippen molar-refractivity contribution in [1.29, 1.82) is 0 Å². The smallest absolute Gasteiger partial charge is 0.410 e. The Kier molecular flexibility index (Phi) is 4.40. The lowest BCUT2D eigenvalue weighted by atomic mass is 9.83. The second kappa shape index (κ2) is 7.19. The lowest BCUT2D eigenvalue weighted by Gasteiger charge is -2.44. The first-order valence-corrected chi connectivity index (χ1v) is 9.95. The molecule has 3 aromatic rings. The van der Waals surface area contributed by atoms with Gasteiger partial charge < -0.3 is 9.15 Å². The van der Waals surface area contributed by atoms with Crippen LogP contribution >= 0.6 is 0 Å². The molecular formula is C24H23NO3. The van der Waals surface area contributed by atoms with E-state index in [0.29, 0.717) is 6.61 Å². The normalized spacial score (nSPS) is 21.4. The fourth-order valence-electron chi connectivity index (χ4n) is 4.49. The van der Waals surface area contributed by atoms with Crippen LogP contribution in [0.3, 0.4) is 0 Å². The van der Waals surface area contributed by atoms with Gasteiger partial charge in [-0.25, -0.2) is 4.79 Å². The molecule has 0 spiro atoms. The first-order chi connectivity index (χ1) is 13.8. The van der Waals surface area contributed by atoms with Crippen molar-refractivity contribution >= 4 is 22.6 Å². The second-order valence-electron chi connectivity index (χ2n) is 7.67. The SMILES string of the molecule is O=C(OCc1ccccc1)N1C2C=C(c3ccc4occc4c3)CC1CCC2. The average molecular weight is 373 g/mol. The molecule has 0 saturated carbocycles. The van der Waals surface area contributed by atoms with Gasteiger partial charge in [-0.15, -0.1) is 0 Å². The third-order valence-electron chi connectivity index (χ3n) is 5.88. The van der Waals surface area contributed by atoms with E-state index in [2.05, 4.69) is 18.2 Å². The molecule has 2 aliphatic heterocycles. The fraction of sp³-hybridized carbons (Fsp3) is 0.292. The van der Waals surface area contributed by atoms with Gasteiger partial charge in [0, 0.05) is 11.4 Å². The zero-order valence-electron chi connectivity index (χ0n) is 15.7. The van der Waals surface area contributed by atoms with Gasteiger partial charge in [-0.05, 0) is 60.6 Å². The summed E-state index contributed by atoms with van der Waals surface area (Å²) in [7, 11) is 0. The maximum Gasteiger partial charge on any atom is 0.410 e. The van der Waals surface area contributed by atoms with Crippen LogP contribution in [0, 0.1) is 0 Å². The second-order valence-corrected chi connectivity index (χ2v) is 7.67. The zero-order valence-corrected chi connectivity index (χ0v) is 15.7. The third kappa shape index (κ3) is 3.19. The molecule has 1 fully saturated rings. The number of nitrogens with zero attached hydrogens (tertiary/aromatic N) is 1. The largest absolute Gasteiger partial charge is 0.464 e. The monoisotopic (exact) mass is 373 g/mol. The third-order valence-corrected chi connectivity index (χ3v) is 5.88. The number of hydrogen-bond donors (Lipinski definition) is 0. The lowest BCUT2D eigenvalue weighted by molar-refractivity contribution is 0.0510. The van der Waals surface area contributed by atoms with Crippen molar-refractivity contribution in [3.05, 3.63) is 78.1 Å². The summed E-state index contributed by atoms with van der Waals surface area (Å²) < 4.78 is 11.1. The molecule has 1 amide bonds. The Morgan fingerprint density at radius 2 is 2.00 bits per heavy atom. The van der Waals surface area contributed by atoms with E-state index in [0.717, 1.165) is 42.2 Å². The first-order valence-electron chi connectivity index (χ1n) is 9.95. The van der Waals surface area contributed by atoms with Gasteiger partial charge in [0.05, 0.1) is 12.3 Å². The predicted molar refractivity (Wildman–Crippen MR) is 109 cm³/mol. The molecule has 28 heavy (non-hydrogen) atoms. The molecule has 0 radical (unpaired) electrons. The van der Waals surface area contributed by atoms with Crippen LogP contribution in [0.15, 0.2) is 71.4 Å². The maximum atomic E-state index is 12.8. The molecule has 2 aromatic carbocycles. The molecule has 1 aromatic heterocycles. The minimum atomic E-state index is -0.195. The summed E-state index contributed by atoms with van der Waals surface area (Å²) in [6.07, 6.45) is 7.85. The van der Waals surface area contributed by atoms with Gasteiger partial charge in [0.2, 0.25) is 0 Å². The van der Waals surface area contributed by atoms with Crippen LogP contribution in [0.4, 0.5) is 4.79 Å². The molecule has 5 rings (SSSR count). The number of carbonyl (C=O) groups is 1. The summed E-state index contributed by atoms with van der Waals surface area (Å²) >= 11 is 0. The number of amides is 1. The molecule has 4 heteroatoms. The summed E-state index contributed by atoms with van der Waals surface area (Å²) in [6.45, 7) is 0.323. The summed E-state index contributed by atoms with van der Waals surface area (Å²) in [5.74, 6) is 0. The van der Waals surface area contributed by atoms with Gasteiger partial charge in [0.1, 0.15) is 12.2 Å². The van der Waals surface area contributed by atoms with Crippen molar-refractivity contribution < 1.29 is 13.9 Å². The van der Waals surface area contributed by atoms with Gasteiger partial charge in [-0.3, -0.25) is 4.90 Å². The number of furan rings is 1. The van der Waals surface area contributed by atoms with E-state index in [4.69, 9.17) is 9.15 Å². The molecule has 2 aliphatic rings. The number of benzene rings is 2. The van der Waals surface area contributed by atoms with Gasteiger partial charge in [0.15, 0.2) is 0 Å². The van der Waals surface area contributed by atoms with Crippen LogP contribution < -0.4 is 0 Å².